The zero-order valence-corrected chi connectivity index (χ0v) is 23.5. The fourth-order valence-corrected chi connectivity index (χ4v) is 6.70. The van der Waals surface area contributed by atoms with E-state index in [-0.39, 0.29) is 5.41 Å². The predicted octanol–water partition coefficient (Wildman–Crippen LogP) is 5.90. The molecule has 7 rings (SSSR count). The standard InChI is InChI=1S/C31H32N6OS/c1-18-5-8-26(39-18)31(2)9-10-33-30-28(31)35-29(36-30)27-24-14-19(6-7-22(24)23-15-25(23)34-27)20-13-21(17-32-16-20)38-12-11-37(3)4/h5-8,10,13-14,16-17,23,25H,9,11-12,15H2,1-4H3,(H,35,36)/t23?,25-,31?/m0/s1. The first kappa shape index (κ1) is 24.4. The number of hydrogen-bond donors (Lipinski definition) is 1. The van der Waals surface area contributed by atoms with Crippen LogP contribution in [0.25, 0.3) is 11.1 Å². The summed E-state index contributed by atoms with van der Waals surface area (Å²) in [5.41, 5.74) is 6.46. The van der Waals surface area contributed by atoms with Gasteiger partial charge < -0.3 is 14.6 Å². The molecule has 4 aromatic rings. The fourth-order valence-electron chi connectivity index (χ4n) is 5.67. The van der Waals surface area contributed by atoms with Crippen LogP contribution in [0, 0.1) is 6.92 Å². The third-order valence-electron chi connectivity index (χ3n) is 8.07. The number of rotatable bonds is 7. The van der Waals surface area contributed by atoms with Gasteiger partial charge in [0, 0.05) is 45.8 Å². The van der Waals surface area contributed by atoms with E-state index in [1.54, 1.807) is 6.20 Å². The molecule has 1 aliphatic carbocycles. The molecule has 3 atom stereocenters. The maximum Gasteiger partial charge on any atom is 0.174 e. The zero-order valence-electron chi connectivity index (χ0n) is 22.7. The number of pyridine rings is 1. The summed E-state index contributed by atoms with van der Waals surface area (Å²) >= 11 is 1.85. The Hall–Kier alpha value is -3.62. The molecule has 0 spiro atoms. The molecule has 1 N–H and O–H groups in total. The van der Waals surface area contributed by atoms with Gasteiger partial charge in [0.1, 0.15) is 18.1 Å². The van der Waals surface area contributed by atoms with Gasteiger partial charge in [-0.3, -0.25) is 9.98 Å². The van der Waals surface area contributed by atoms with Crippen molar-refractivity contribution in [2.75, 3.05) is 27.2 Å². The fraction of sp³-hybridized carbons (Fsp3) is 0.355. The molecule has 0 radical (unpaired) electrons. The first-order chi connectivity index (χ1) is 18.9. The van der Waals surface area contributed by atoms with Gasteiger partial charge in [-0.05, 0) is 76.2 Å². The molecule has 2 unspecified atom stereocenters. The number of nitrogens with one attached hydrogen (secondary N) is 1. The zero-order chi connectivity index (χ0) is 26.7. The lowest BCUT2D eigenvalue weighted by molar-refractivity contribution is 0.261. The van der Waals surface area contributed by atoms with Crippen molar-refractivity contribution in [2.45, 2.75) is 44.1 Å². The van der Waals surface area contributed by atoms with Gasteiger partial charge in [-0.1, -0.05) is 12.1 Å². The van der Waals surface area contributed by atoms with E-state index in [2.05, 4.69) is 70.1 Å². The molecule has 198 valence electrons. The van der Waals surface area contributed by atoms with Gasteiger partial charge >= 0.3 is 0 Å². The van der Waals surface area contributed by atoms with Crippen molar-refractivity contribution in [3.05, 3.63) is 81.2 Å². The highest BCUT2D eigenvalue weighted by Crippen LogP contribution is 2.50. The highest BCUT2D eigenvalue weighted by atomic mass is 32.1. The number of nitrogens with zero attached hydrogens (tertiary/aromatic N) is 5. The predicted molar refractivity (Wildman–Crippen MR) is 157 cm³/mol. The average molecular weight is 537 g/mol. The Morgan fingerprint density at radius 3 is 2.85 bits per heavy atom. The second-order valence-electron chi connectivity index (χ2n) is 11.3. The largest absolute Gasteiger partial charge is 0.491 e. The normalized spacial score (nSPS) is 22.7. The van der Waals surface area contributed by atoms with E-state index >= 15 is 0 Å². The molecule has 3 aliphatic rings. The van der Waals surface area contributed by atoms with Gasteiger partial charge in [0.15, 0.2) is 11.6 Å². The smallest absolute Gasteiger partial charge is 0.174 e. The minimum atomic E-state index is -0.179. The first-order valence-electron chi connectivity index (χ1n) is 13.5. The number of thiophene rings is 1. The molecule has 3 aromatic heterocycles. The van der Waals surface area contributed by atoms with E-state index in [4.69, 9.17) is 14.7 Å². The number of fused-ring (bicyclic) bond motifs is 4. The molecule has 2 aliphatic heterocycles. The van der Waals surface area contributed by atoms with Crippen molar-refractivity contribution in [3.63, 3.8) is 0 Å². The molecule has 0 amide bonds. The third-order valence-corrected chi connectivity index (χ3v) is 9.34. The summed E-state index contributed by atoms with van der Waals surface area (Å²) in [6.45, 7) is 5.92. The lowest BCUT2D eigenvalue weighted by atomic mass is 9.81. The highest BCUT2D eigenvalue weighted by Gasteiger charge is 2.45. The van der Waals surface area contributed by atoms with Gasteiger partial charge in [0.2, 0.25) is 0 Å². The molecule has 7 nitrogen and oxygen atoms in total. The molecule has 8 heteroatoms. The maximum absolute atomic E-state index is 5.95. The van der Waals surface area contributed by atoms with Crippen LogP contribution >= 0.6 is 11.3 Å². The monoisotopic (exact) mass is 536 g/mol. The Labute approximate surface area is 232 Å². The summed E-state index contributed by atoms with van der Waals surface area (Å²) in [6.07, 6.45) is 7.62. The number of benzene rings is 1. The Morgan fingerprint density at radius 1 is 1.13 bits per heavy atom. The number of aliphatic imine (C=N–C) groups is 2. The van der Waals surface area contributed by atoms with E-state index in [9.17, 15) is 0 Å². The van der Waals surface area contributed by atoms with Crippen molar-refractivity contribution in [2.24, 2.45) is 9.98 Å². The van der Waals surface area contributed by atoms with Crippen LogP contribution in [0.5, 0.6) is 5.75 Å². The topological polar surface area (TPSA) is 78.8 Å². The third kappa shape index (κ3) is 4.32. The summed E-state index contributed by atoms with van der Waals surface area (Å²) in [5.74, 6) is 2.86. The van der Waals surface area contributed by atoms with E-state index in [0.29, 0.717) is 18.6 Å². The number of ether oxygens (including phenoxy) is 1. The van der Waals surface area contributed by atoms with Crippen LogP contribution in [0.15, 0.2) is 58.8 Å². The lowest BCUT2D eigenvalue weighted by Crippen LogP contribution is -2.26. The number of likely N-dealkylation sites (N-methyl/N-ethyl adjacent to an activating group) is 1. The second-order valence-corrected chi connectivity index (χ2v) is 12.6. The summed E-state index contributed by atoms with van der Waals surface area (Å²) in [4.78, 5) is 27.8. The minimum absolute atomic E-state index is 0.179. The average Bonchev–Trinajstić information content (AvgIpc) is 3.35. The lowest BCUT2D eigenvalue weighted by Gasteiger charge is -2.28. The molecule has 1 fully saturated rings. The van der Waals surface area contributed by atoms with E-state index < -0.39 is 0 Å². The molecule has 5 heterocycles. The SMILES string of the molecule is Cc1ccc(C2(C)CC=Nc3nc(C4=N[C@H]5CC5c5ccc(-c6cncc(OCCN(C)C)c6)cc54)[nH]c32)s1. The second kappa shape index (κ2) is 9.24. The molecular weight excluding hydrogens is 504 g/mol. The van der Waals surface area contributed by atoms with Crippen LogP contribution in [0.4, 0.5) is 5.82 Å². The number of aryl methyl sites for hydroxylation is 1. The van der Waals surface area contributed by atoms with Crippen molar-refractivity contribution in [3.8, 4) is 16.9 Å². The van der Waals surface area contributed by atoms with Gasteiger partial charge in [-0.2, -0.15) is 0 Å². The molecule has 39 heavy (non-hydrogen) atoms. The van der Waals surface area contributed by atoms with Crippen LogP contribution in [0.1, 0.15) is 58.1 Å². The van der Waals surface area contributed by atoms with Crippen LogP contribution < -0.4 is 4.74 Å². The summed E-state index contributed by atoms with van der Waals surface area (Å²) < 4.78 is 5.95. The number of aromatic amines is 1. The quantitative estimate of drug-likeness (QED) is 0.319. The van der Waals surface area contributed by atoms with Crippen LogP contribution in [0.2, 0.25) is 0 Å². The van der Waals surface area contributed by atoms with Gasteiger partial charge in [0.25, 0.3) is 0 Å². The van der Waals surface area contributed by atoms with Gasteiger partial charge in [-0.15, -0.1) is 11.3 Å². The van der Waals surface area contributed by atoms with Crippen LogP contribution in [0.3, 0.4) is 0 Å². The van der Waals surface area contributed by atoms with E-state index in [0.717, 1.165) is 64.9 Å². The number of imidazole rings is 1. The molecule has 0 saturated heterocycles. The number of H-pyrrole nitrogens is 1. The highest BCUT2D eigenvalue weighted by molar-refractivity contribution is 7.12. The van der Waals surface area contributed by atoms with Crippen molar-refractivity contribution < 1.29 is 4.74 Å². The number of hydrogen-bond acceptors (Lipinski definition) is 7. The first-order valence-corrected chi connectivity index (χ1v) is 14.4. The molecule has 1 saturated carbocycles. The summed E-state index contributed by atoms with van der Waals surface area (Å²) in [6, 6.07) is 13.6. The molecular formula is C31H32N6OS. The van der Waals surface area contributed by atoms with Crippen molar-refractivity contribution in [1.29, 1.82) is 0 Å². The van der Waals surface area contributed by atoms with Crippen molar-refractivity contribution >= 4 is 29.1 Å². The number of aromatic nitrogens is 3. The van der Waals surface area contributed by atoms with Gasteiger partial charge in [-0.25, -0.2) is 9.98 Å². The minimum Gasteiger partial charge on any atom is -0.491 e. The maximum atomic E-state index is 5.95. The van der Waals surface area contributed by atoms with Gasteiger partial charge in [0.05, 0.1) is 23.3 Å². The molecule has 0 bridgehead atoms. The Morgan fingerprint density at radius 2 is 2.03 bits per heavy atom. The summed E-state index contributed by atoms with van der Waals surface area (Å²) in [5, 5.41) is 0. The Balaban J connectivity index is 1.25. The van der Waals surface area contributed by atoms with Crippen molar-refractivity contribution in [1.82, 2.24) is 19.9 Å². The van der Waals surface area contributed by atoms with E-state index in [1.165, 1.54) is 15.3 Å². The van der Waals surface area contributed by atoms with Crippen LogP contribution in [-0.2, 0) is 5.41 Å². The summed E-state index contributed by atoms with van der Waals surface area (Å²) in [7, 11) is 4.08. The van der Waals surface area contributed by atoms with Crippen LogP contribution in [-0.4, -0.2) is 65.1 Å². The Kier molecular flexibility index (Phi) is 5.79. The Bertz CT molecular complexity index is 1630. The van der Waals surface area contributed by atoms with E-state index in [1.807, 2.05) is 37.8 Å². The molecule has 1 aromatic carbocycles.